The van der Waals surface area contributed by atoms with Crippen molar-refractivity contribution in [1.29, 1.82) is 0 Å². The van der Waals surface area contributed by atoms with Gasteiger partial charge in [-0.25, -0.2) is 13.2 Å². The molecular weight excluding hydrogens is 521 g/mol. The SMILES string of the molecule is CCCN(CCC)S(=O)(=O)c1ccc(C(=O)N[C@@H](CCCN=C(N)N)C(N)=O)cc1.O=C(O)C(F)(F)F. The molecule has 0 spiro atoms. The molecule has 0 saturated carbocycles. The molecule has 1 aromatic rings. The molecule has 8 N–H and O–H groups in total. The largest absolute Gasteiger partial charge is 0.490 e. The second-order valence-electron chi connectivity index (χ2n) is 7.61. The number of hydrogen-bond acceptors (Lipinski definition) is 6. The van der Waals surface area contributed by atoms with E-state index in [4.69, 9.17) is 27.1 Å². The van der Waals surface area contributed by atoms with Gasteiger partial charge in [-0.1, -0.05) is 13.8 Å². The number of alkyl halides is 3. The molecule has 37 heavy (non-hydrogen) atoms. The Balaban J connectivity index is 0.00000161. The fourth-order valence-corrected chi connectivity index (χ4v) is 4.43. The van der Waals surface area contributed by atoms with Crippen LogP contribution in [-0.4, -0.2) is 73.4 Å². The molecule has 1 aromatic carbocycles. The lowest BCUT2D eigenvalue weighted by Gasteiger charge is -2.21. The van der Waals surface area contributed by atoms with Gasteiger partial charge in [0.25, 0.3) is 5.91 Å². The number of halogens is 3. The monoisotopic (exact) mass is 554 g/mol. The summed E-state index contributed by atoms with van der Waals surface area (Å²) in [5.41, 5.74) is 16.1. The first-order chi connectivity index (χ1) is 17.1. The van der Waals surface area contributed by atoms with E-state index in [2.05, 4.69) is 10.3 Å². The Hall–Kier alpha value is -3.40. The minimum Gasteiger partial charge on any atom is -0.475 e. The van der Waals surface area contributed by atoms with Crippen LogP contribution in [0.25, 0.3) is 0 Å². The third-order valence-corrected chi connectivity index (χ3v) is 6.45. The van der Waals surface area contributed by atoms with E-state index in [1.54, 1.807) is 0 Å². The van der Waals surface area contributed by atoms with E-state index in [1.165, 1.54) is 28.6 Å². The van der Waals surface area contributed by atoms with Crippen molar-refractivity contribution >= 4 is 33.8 Å². The summed E-state index contributed by atoms with van der Waals surface area (Å²) in [6.45, 7) is 4.99. The first-order valence-electron chi connectivity index (χ1n) is 11.1. The Morgan fingerprint density at radius 3 is 1.92 bits per heavy atom. The van der Waals surface area contributed by atoms with Crippen LogP contribution in [0.4, 0.5) is 13.2 Å². The number of sulfonamides is 1. The van der Waals surface area contributed by atoms with E-state index < -0.39 is 40.0 Å². The lowest BCUT2D eigenvalue weighted by atomic mass is 10.1. The molecule has 0 heterocycles. The summed E-state index contributed by atoms with van der Waals surface area (Å²) >= 11 is 0. The van der Waals surface area contributed by atoms with Crippen molar-refractivity contribution in [3.63, 3.8) is 0 Å². The van der Waals surface area contributed by atoms with E-state index in [-0.39, 0.29) is 22.8 Å². The number of nitrogens with zero attached hydrogens (tertiary/aromatic N) is 2. The fraction of sp³-hybridized carbons (Fsp3) is 0.524. The second-order valence-corrected chi connectivity index (χ2v) is 9.55. The molecule has 1 atom stereocenters. The van der Waals surface area contributed by atoms with Gasteiger partial charge in [0, 0.05) is 25.2 Å². The zero-order valence-corrected chi connectivity index (χ0v) is 21.3. The minimum atomic E-state index is -5.08. The molecule has 210 valence electrons. The standard InChI is InChI=1S/C19H32N6O4S.C2HF3O2/c1-3-12-25(13-4-2)30(28,29)15-9-7-14(8-10-15)18(27)24-16(17(20)26)6-5-11-23-19(21)22;3-2(4,5)1(6)7/h7-10,16H,3-6,11-13H2,1-2H3,(H2,20,26)(H,24,27)(H4,21,22,23);(H,6,7)/t16-;/m0./s1. The fourth-order valence-electron chi connectivity index (χ4n) is 2.81. The highest BCUT2D eigenvalue weighted by Gasteiger charge is 2.38. The summed E-state index contributed by atoms with van der Waals surface area (Å²) in [7, 11) is -3.63. The molecule has 0 saturated heterocycles. The van der Waals surface area contributed by atoms with Crippen LogP contribution in [0.15, 0.2) is 34.2 Å². The summed E-state index contributed by atoms with van der Waals surface area (Å²) < 4.78 is 58.8. The molecule has 0 aliphatic heterocycles. The molecule has 2 amide bonds. The number of carbonyl (C=O) groups excluding carboxylic acids is 2. The molecule has 0 radical (unpaired) electrons. The Morgan fingerprint density at radius 2 is 1.54 bits per heavy atom. The highest BCUT2D eigenvalue weighted by atomic mass is 32.2. The van der Waals surface area contributed by atoms with E-state index in [9.17, 15) is 31.2 Å². The predicted octanol–water partition coefficient (Wildman–Crippen LogP) is 0.768. The minimum absolute atomic E-state index is 0.0545. The van der Waals surface area contributed by atoms with Gasteiger partial charge in [-0.05, 0) is 49.9 Å². The number of carboxylic acids is 1. The molecule has 0 aliphatic carbocycles. The van der Waals surface area contributed by atoms with Gasteiger partial charge >= 0.3 is 12.1 Å². The van der Waals surface area contributed by atoms with Gasteiger partial charge in [-0.2, -0.15) is 17.5 Å². The highest BCUT2D eigenvalue weighted by molar-refractivity contribution is 7.89. The molecule has 0 unspecified atom stereocenters. The van der Waals surface area contributed by atoms with Gasteiger partial charge in [0.1, 0.15) is 6.04 Å². The molecular formula is C21H33F3N6O6S. The van der Waals surface area contributed by atoms with Crippen LogP contribution in [-0.2, 0) is 19.6 Å². The van der Waals surface area contributed by atoms with Crippen molar-refractivity contribution in [1.82, 2.24) is 9.62 Å². The van der Waals surface area contributed by atoms with E-state index in [1.807, 2.05) is 13.8 Å². The number of primary amides is 1. The van der Waals surface area contributed by atoms with Gasteiger partial charge in [0.15, 0.2) is 5.96 Å². The van der Waals surface area contributed by atoms with Crippen molar-refractivity contribution < 1.29 is 41.1 Å². The van der Waals surface area contributed by atoms with E-state index in [0.29, 0.717) is 38.9 Å². The van der Waals surface area contributed by atoms with Crippen molar-refractivity contribution in [3.8, 4) is 0 Å². The first kappa shape index (κ1) is 33.6. The third-order valence-electron chi connectivity index (χ3n) is 4.54. The van der Waals surface area contributed by atoms with E-state index >= 15 is 0 Å². The van der Waals surface area contributed by atoms with Crippen LogP contribution in [0.3, 0.4) is 0 Å². The number of hydrogen-bond donors (Lipinski definition) is 5. The average molecular weight is 555 g/mol. The van der Waals surface area contributed by atoms with Crippen LogP contribution in [0.2, 0.25) is 0 Å². The molecule has 12 nitrogen and oxygen atoms in total. The maximum Gasteiger partial charge on any atom is 0.490 e. The summed E-state index contributed by atoms with van der Waals surface area (Å²) in [4.78, 5) is 36.9. The van der Waals surface area contributed by atoms with Crippen molar-refractivity contribution in [2.45, 2.75) is 56.6 Å². The predicted molar refractivity (Wildman–Crippen MR) is 130 cm³/mol. The number of nitrogens with two attached hydrogens (primary N) is 3. The Bertz CT molecular complexity index is 1020. The van der Waals surface area contributed by atoms with Gasteiger partial charge in [0.2, 0.25) is 15.9 Å². The van der Waals surface area contributed by atoms with Crippen LogP contribution >= 0.6 is 0 Å². The molecule has 16 heteroatoms. The highest BCUT2D eigenvalue weighted by Crippen LogP contribution is 2.18. The normalized spacial score (nSPS) is 12.2. The van der Waals surface area contributed by atoms with Gasteiger partial charge in [-0.3, -0.25) is 14.6 Å². The summed E-state index contributed by atoms with van der Waals surface area (Å²) in [5, 5.41) is 9.68. The van der Waals surface area contributed by atoms with Gasteiger partial charge in [-0.15, -0.1) is 0 Å². The van der Waals surface area contributed by atoms with Gasteiger partial charge in [0.05, 0.1) is 4.90 Å². The Morgan fingerprint density at radius 1 is 1.05 bits per heavy atom. The molecule has 0 fully saturated rings. The van der Waals surface area contributed by atoms with Crippen LogP contribution in [0.1, 0.15) is 49.9 Å². The molecule has 0 aromatic heterocycles. The van der Waals surface area contributed by atoms with Crippen molar-refractivity contribution in [2.75, 3.05) is 19.6 Å². The van der Waals surface area contributed by atoms with Crippen LogP contribution in [0, 0.1) is 0 Å². The van der Waals surface area contributed by atoms with Crippen LogP contribution < -0.4 is 22.5 Å². The lowest BCUT2D eigenvalue weighted by Crippen LogP contribution is -2.44. The first-order valence-corrected chi connectivity index (χ1v) is 12.6. The van der Waals surface area contributed by atoms with Crippen molar-refractivity contribution in [2.24, 2.45) is 22.2 Å². The number of rotatable bonds is 13. The summed E-state index contributed by atoms with van der Waals surface area (Å²) in [5.74, 6) is -4.01. The number of nitrogens with one attached hydrogen (secondary N) is 1. The topological polar surface area (TPSA) is 211 Å². The average Bonchev–Trinajstić information content (AvgIpc) is 2.80. The van der Waals surface area contributed by atoms with E-state index in [0.717, 1.165) is 0 Å². The Labute approximate surface area is 213 Å². The zero-order valence-electron chi connectivity index (χ0n) is 20.5. The number of aliphatic imine (C=N–C) groups is 1. The number of amides is 2. The number of guanidine groups is 1. The molecule has 1 rings (SSSR count). The quantitative estimate of drug-likeness (QED) is 0.133. The third kappa shape index (κ3) is 12.4. The number of carboxylic acid groups (broad SMARTS) is 1. The summed E-state index contributed by atoms with van der Waals surface area (Å²) in [6, 6.07) is 4.71. The second kappa shape index (κ2) is 15.7. The lowest BCUT2D eigenvalue weighted by molar-refractivity contribution is -0.192. The Kier molecular flexibility index (Phi) is 14.2. The van der Waals surface area contributed by atoms with Crippen LogP contribution in [0.5, 0.6) is 0 Å². The molecule has 0 bridgehead atoms. The van der Waals surface area contributed by atoms with Gasteiger partial charge < -0.3 is 27.6 Å². The zero-order chi connectivity index (χ0) is 28.8. The van der Waals surface area contributed by atoms with Crippen molar-refractivity contribution in [3.05, 3.63) is 29.8 Å². The maximum absolute atomic E-state index is 12.8. The number of carbonyl (C=O) groups is 3. The smallest absolute Gasteiger partial charge is 0.475 e. The summed E-state index contributed by atoms with van der Waals surface area (Å²) in [6.07, 6.45) is -2.95. The molecule has 0 aliphatic rings. The number of benzene rings is 1. The maximum atomic E-state index is 12.8. The number of aliphatic carboxylic acids is 1.